The highest BCUT2D eigenvalue weighted by Crippen LogP contribution is 2.31. The maximum atomic E-state index is 10.9. The molecule has 2 heterocycles. The van der Waals surface area contributed by atoms with Gasteiger partial charge in [0.2, 0.25) is 0 Å². The Kier molecular flexibility index (Phi) is 3.85. The van der Waals surface area contributed by atoms with E-state index in [1.54, 1.807) is 6.07 Å². The van der Waals surface area contributed by atoms with E-state index in [1.165, 1.54) is 19.4 Å². The number of fused-ring (bicyclic) bond motifs is 1. The van der Waals surface area contributed by atoms with Crippen molar-refractivity contribution in [2.75, 3.05) is 24.5 Å². The van der Waals surface area contributed by atoms with Gasteiger partial charge in [0.15, 0.2) is 0 Å². The van der Waals surface area contributed by atoms with Gasteiger partial charge in [0, 0.05) is 36.9 Å². The van der Waals surface area contributed by atoms with E-state index in [1.807, 2.05) is 12.1 Å². The summed E-state index contributed by atoms with van der Waals surface area (Å²) in [7, 11) is 0. The molecule has 0 N–H and O–H groups in total. The Morgan fingerprint density at radius 2 is 2.20 bits per heavy atom. The molecule has 2 saturated heterocycles. The number of nitro benzene ring substituents is 1. The van der Waals surface area contributed by atoms with Crippen LogP contribution in [0.1, 0.15) is 19.8 Å². The number of benzene rings is 1. The van der Waals surface area contributed by atoms with Crippen molar-refractivity contribution in [1.82, 2.24) is 4.90 Å². The predicted molar refractivity (Wildman–Crippen MR) is 87.2 cm³/mol. The smallest absolute Gasteiger partial charge is 0.282 e. The van der Waals surface area contributed by atoms with Crippen LogP contribution in [0.15, 0.2) is 18.2 Å². The Hall–Kier alpha value is -0.890. The van der Waals surface area contributed by atoms with Crippen molar-refractivity contribution in [3.63, 3.8) is 0 Å². The lowest BCUT2D eigenvalue weighted by molar-refractivity contribution is -0.385. The molecule has 2 atom stereocenters. The predicted octanol–water partition coefficient (Wildman–Crippen LogP) is 2.87. The lowest BCUT2D eigenvalue weighted by Gasteiger charge is -2.43. The van der Waals surface area contributed by atoms with E-state index in [-0.39, 0.29) is 10.6 Å². The number of rotatable bonds is 2. The van der Waals surface area contributed by atoms with Crippen LogP contribution in [0.5, 0.6) is 0 Å². The van der Waals surface area contributed by atoms with Gasteiger partial charge in [0.05, 0.1) is 8.49 Å². The van der Waals surface area contributed by atoms with Crippen LogP contribution in [0.4, 0.5) is 11.4 Å². The summed E-state index contributed by atoms with van der Waals surface area (Å²) >= 11 is 2.06. The molecule has 0 bridgehead atoms. The van der Waals surface area contributed by atoms with E-state index in [0.29, 0.717) is 15.7 Å². The maximum Gasteiger partial charge on any atom is 0.282 e. The lowest BCUT2D eigenvalue weighted by Crippen LogP contribution is -2.55. The quantitative estimate of drug-likeness (QED) is 0.445. The summed E-state index contributed by atoms with van der Waals surface area (Å²) in [5.41, 5.74) is 1.31. The van der Waals surface area contributed by atoms with Crippen LogP contribution >= 0.6 is 22.6 Å². The molecule has 5 nitrogen and oxygen atoms in total. The monoisotopic (exact) mass is 387 g/mol. The largest absolute Gasteiger partial charge is 0.366 e. The second kappa shape index (κ2) is 5.48. The molecule has 108 valence electrons. The Balaban J connectivity index is 1.85. The average Bonchev–Trinajstić information content (AvgIpc) is 2.84. The minimum Gasteiger partial charge on any atom is -0.366 e. The molecule has 2 fully saturated rings. The standard InChI is InChI=1S/C14H18IN3O2/c1-10-8-16-6-2-3-12(16)9-17(10)11-4-5-14(18(19)20)13(15)7-11/h4-5,7,10,12H,2-3,6,8-9H2,1H3. The molecule has 0 aromatic heterocycles. The van der Waals surface area contributed by atoms with Gasteiger partial charge >= 0.3 is 0 Å². The van der Waals surface area contributed by atoms with Crippen molar-refractivity contribution in [1.29, 1.82) is 0 Å². The van der Waals surface area contributed by atoms with Gasteiger partial charge in [-0.2, -0.15) is 0 Å². The van der Waals surface area contributed by atoms with Crippen molar-refractivity contribution in [2.45, 2.75) is 31.8 Å². The Morgan fingerprint density at radius 3 is 2.90 bits per heavy atom. The zero-order chi connectivity index (χ0) is 14.3. The molecule has 3 rings (SSSR count). The number of nitrogens with zero attached hydrogens (tertiary/aromatic N) is 3. The SMILES string of the molecule is CC1CN2CCCC2CN1c1ccc([N+](=O)[O-])c(I)c1. The van der Waals surface area contributed by atoms with Crippen LogP contribution < -0.4 is 4.90 Å². The zero-order valence-electron chi connectivity index (χ0n) is 11.5. The van der Waals surface area contributed by atoms with E-state index >= 15 is 0 Å². The first-order valence-corrected chi connectivity index (χ1v) is 8.09. The molecule has 2 unspecified atom stereocenters. The Morgan fingerprint density at radius 1 is 1.40 bits per heavy atom. The molecule has 0 radical (unpaired) electrons. The molecule has 2 aliphatic heterocycles. The molecular weight excluding hydrogens is 369 g/mol. The van der Waals surface area contributed by atoms with Crippen LogP contribution in [0.2, 0.25) is 0 Å². The number of hydrogen-bond acceptors (Lipinski definition) is 4. The fraction of sp³-hybridized carbons (Fsp3) is 0.571. The Labute approximate surface area is 132 Å². The van der Waals surface area contributed by atoms with Gasteiger partial charge in [-0.15, -0.1) is 0 Å². The summed E-state index contributed by atoms with van der Waals surface area (Å²) < 4.78 is 0.714. The number of hydrogen-bond donors (Lipinski definition) is 0. The third kappa shape index (κ3) is 2.50. The first-order valence-electron chi connectivity index (χ1n) is 7.01. The van der Waals surface area contributed by atoms with Crippen molar-refractivity contribution in [2.24, 2.45) is 0 Å². The summed E-state index contributed by atoms with van der Waals surface area (Å²) in [5.74, 6) is 0. The molecule has 0 saturated carbocycles. The molecular formula is C14H18IN3O2. The second-order valence-corrected chi connectivity index (χ2v) is 6.85. The first-order chi connectivity index (χ1) is 9.56. The second-order valence-electron chi connectivity index (χ2n) is 5.69. The topological polar surface area (TPSA) is 49.6 Å². The lowest BCUT2D eigenvalue weighted by atomic mass is 10.1. The maximum absolute atomic E-state index is 10.9. The van der Waals surface area contributed by atoms with E-state index in [4.69, 9.17) is 0 Å². The van der Waals surface area contributed by atoms with Crippen molar-refractivity contribution < 1.29 is 4.92 Å². The minimum atomic E-state index is -0.316. The zero-order valence-corrected chi connectivity index (χ0v) is 13.6. The van der Waals surface area contributed by atoms with Crippen LogP contribution in [0.25, 0.3) is 0 Å². The van der Waals surface area contributed by atoms with Crippen LogP contribution in [-0.4, -0.2) is 41.5 Å². The number of nitro groups is 1. The van der Waals surface area contributed by atoms with Gasteiger partial charge in [-0.3, -0.25) is 15.0 Å². The summed E-state index contributed by atoms with van der Waals surface area (Å²) in [6.45, 7) is 5.59. The molecule has 2 aliphatic rings. The number of piperazine rings is 1. The molecule has 0 aliphatic carbocycles. The highest BCUT2D eigenvalue weighted by atomic mass is 127. The van der Waals surface area contributed by atoms with Gasteiger partial charge < -0.3 is 4.90 Å². The van der Waals surface area contributed by atoms with E-state index in [2.05, 4.69) is 39.3 Å². The molecule has 1 aromatic carbocycles. The van der Waals surface area contributed by atoms with Crippen LogP contribution in [-0.2, 0) is 0 Å². The summed E-state index contributed by atoms with van der Waals surface area (Å²) in [5, 5.41) is 10.9. The number of halogens is 1. The van der Waals surface area contributed by atoms with Gasteiger partial charge in [-0.1, -0.05) is 0 Å². The van der Waals surface area contributed by atoms with E-state index in [0.717, 1.165) is 18.8 Å². The summed E-state index contributed by atoms with van der Waals surface area (Å²) in [6, 6.07) is 6.58. The third-order valence-corrected chi connectivity index (χ3v) is 5.26. The highest BCUT2D eigenvalue weighted by molar-refractivity contribution is 14.1. The average molecular weight is 387 g/mol. The molecule has 6 heteroatoms. The van der Waals surface area contributed by atoms with E-state index in [9.17, 15) is 10.1 Å². The molecule has 0 spiro atoms. The van der Waals surface area contributed by atoms with E-state index < -0.39 is 0 Å². The molecule has 0 amide bonds. The van der Waals surface area contributed by atoms with Gasteiger partial charge in [0.25, 0.3) is 5.69 Å². The molecule has 20 heavy (non-hydrogen) atoms. The van der Waals surface area contributed by atoms with Gasteiger partial charge in [-0.25, -0.2) is 0 Å². The van der Waals surface area contributed by atoms with Gasteiger partial charge in [-0.05, 0) is 61.0 Å². The van der Waals surface area contributed by atoms with Crippen LogP contribution in [0.3, 0.4) is 0 Å². The third-order valence-electron chi connectivity index (χ3n) is 4.40. The fourth-order valence-corrected chi connectivity index (χ4v) is 4.07. The van der Waals surface area contributed by atoms with Crippen molar-refractivity contribution in [3.05, 3.63) is 31.9 Å². The summed E-state index contributed by atoms with van der Waals surface area (Å²) in [4.78, 5) is 15.6. The van der Waals surface area contributed by atoms with Gasteiger partial charge in [0.1, 0.15) is 0 Å². The van der Waals surface area contributed by atoms with Crippen molar-refractivity contribution in [3.8, 4) is 0 Å². The molecule has 1 aromatic rings. The normalized spacial score (nSPS) is 26.6. The Bertz CT molecular complexity index is 537. The first kappa shape index (κ1) is 14.1. The minimum absolute atomic E-state index is 0.196. The number of anilines is 1. The van der Waals surface area contributed by atoms with Crippen molar-refractivity contribution >= 4 is 34.0 Å². The summed E-state index contributed by atoms with van der Waals surface area (Å²) in [6.07, 6.45) is 2.57. The van der Waals surface area contributed by atoms with Crippen LogP contribution in [0, 0.1) is 13.7 Å². The highest BCUT2D eigenvalue weighted by Gasteiger charge is 2.34. The fourth-order valence-electron chi connectivity index (χ4n) is 3.37.